The zero-order chi connectivity index (χ0) is 93.5. The van der Waals surface area contributed by atoms with Gasteiger partial charge < -0.3 is 0 Å². The van der Waals surface area contributed by atoms with Crippen LogP contribution >= 0.6 is 34.0 Å². The van der Waals surface area contributed by atoms with E-state index in [2.05, 4.69) is 404 Å². The summed E-state index contributed by atoms with van der Waals surface area (Å²) in [4.78, 5) is 39.4. The highest BCUT2D eigenvalue weighted by atomic mass is 32.1. The molecule has 0 unspecified atom stereocenters. The molecule has 19 aromatic carbocycles. The van der Waals surface area contributed by atoms with E-state index in [1.165, 1.54) is 132 Å². The lowest BCUT2D eigenvalue weighted by Gasteiger charge is -2.13. The topological polar surface area (TPSA) is 103 Å². The Balaban J connectivity index is 0.000000113. The molecule has 0 bridgehead atoms. The van der Waals surface area contributed by atoms with Gasteiger partial charge in [0.05, 0.1) is 39.9 Å². The first-order valence-electron chi connectivity index (χ1n) is 47.2. The average molecular weight is 1850 g/mol. The van der Waals surface area contributed by atoms with Gasteiger partial charge in [0.1, 0.15) is 0 Å². The van der Waals surface area contributed by atoms with E-state index in [0.29, 0.717) is 17.5 Å². The van der Waals surface area contributed by atoms with Crippen molar-refractivity contribution < 1.29 is 0 Å². The average Bonchev–Trinajstić information content (AvgIpc) is 1.44. The third kappa shape index (κ3) is 17.1. The van der Waals surface area contributed by atoms with Gasteiger partial charge in [0.2, 0.25) is 0 Å². The molecule has 8 nitrogen and oxygen atoms in total. The minimum atomic E-state index is 0.675. The molecule has 0 atom stereocenters. The van der Waals surface area contributed by atoms with E-state index in [9.17, 15) is 0 Å². The lowest BCUT2D eigenvalue weighted by molar-refractivity contribution is 1.16. The molecular weight excluding hydrogens is 1770 g/mol. The van der Waals surface area contributed by atoms with Crippen LogP contribution in [0.4, 0.5) is 0 Å². The Morgan fingerprint density at radius 3 is 0.801 bits per heavy atom. The first-order chi connectivity index (χ1) is 69.8. The lowest BCUT2D eigenvalue weighted by Crippen LogP contribution is -1.97. The van der Waals surface area contributed by atoms with Crippen LogP contribution in [-0.2, 0) is 0 Å². The Bertz CT molecular complexity index is 9290. The molecule has 0 aliphatic carbocycles. The maximum atomic E-state index is 5.11. The molecule has 27 rings (SSSR count). The molecule has 0 radical (unpaired) electrons. The minimum Gasteiger partial charge on any atom is -0.263 e. The van der Waals surface area contributed by atoms with Gasteiger partial charge in [-0.3, -0.25) is 9.97 Å². The summed E-state index contributed by atoms with van der Waals surface area (Å²) < 4.78 is 7.89. The van der Waals surface area contributed by atoms with Crippen molar-refractivity contribution in [3.8, 4) is 169 Å². The summed E-state index contributed by atoms with van der Waals surface area (Å²) in [5.74, 6) is 2.10. The van der Waals surface area contributed by atoms with Gasteiger partial charge in [-0.2, -0.15) is 0 Å². The number of aromatic nitrogens is 8. The van der Waals surface area contributed by atoms with E-state index >= 15 is 0 Å². The van der Waals surface area contributed by atoms with Crippen LogP contribution in [-0.4, -0.2) is 39.9 Å². The van der Waals surface area contributed by atoms with E-state index in [0.717, 1.165) is 112 Å². The van der Waals surface area contributed by atoms with E-state index in [1.54, 1.807) is 6.20 Å². The number of benzene rings is 19. The normalized spacial score (nSPS) is 11.4. The molecule has 8 aromatic heterocycles. The van der Waals surface area contributed by atoms with Crippen LogP contribution in [0.1, 0.15) is 0 Å². The standard InChI is InChI=1S/C52H32N2S.2C39H25N3S/c1-2-10-37(11-3-1)52-53-48(32-49(54-52)36-24-20-34(21-25-36)39-27-29-51-47(31-39)45-16-8-9-17-50(45)55-51)35-22-18-33(19-23-35)38-26-28-44-42-14-5-4-12-40(42)41-13-6-7-15-43(41)46(44)30-38;1-3-9-27(10-4-1)35-23-36(42-39(41-35)29-11-5-2-6-12-29)28-17-15-26(16-18-28)31-21-32(25-40-24-31)30-19-20-38-34(22-30)33-13-7-8-14-37(33)43-38;1-2-9-26(10-3-1)29-11-8-12-31(23-29)35-25-36(34-14-6-7-22-40-34)42-39(41-35)28-18-16-27(17-19-28)30-20-21-38-33(24-30)32-13-4-5-15-37(32)43-38/h1-32H;2*1-25H. The van der Waals surface area contributed by atoms with Gasteiger partial charge in [0.25, 0.3) is 0 Å². The highest BCUT2D eigenvalue weighted by Crippen LogP contribution is 2.45. The molecule has 0 amide bonds. The minimum absolute atomic E-state index is 0.675. The van der Waals surface area contributed by atoms with Crippen molar-refractivity contribution in [1.82, 2.24) is 39.9 Å². The summed E-state index contributed by atoms with van der Waals surface area (Å²) in [6, 6.07) is 169. The molecule has 141 heavy (non-hydrogen) atoms. The molecule has 0 aliphatic heterocycles. The second-order valence-corrected chi connectivity index (χ2v) is 38.4. The van der Waals surface area contributed by atoms with Crippen LogP contribution < -0.4 is 0 Å². The smallest absolute Gasteiger partial charge is 0.160 e. The summed E-state index contributed by atoms with van der Waals surface area (Å²) >= 11 is 5.53. The number of hydrogen-bond acceptors (Lipinski definition) is 11. The monoisotopic (exact) mass is 1850 g/mol. The lowest BCUT2D eigenvalue weighted by atomic mass is 9.92. The van der Waals surface area contributed by atoms with Crippen LogP contribution in [0.25, 0.3) is 261 Å². The van der Waals surface area contributed by atoms with Gasteiger partial charge in [0.15, 0.2) is 17.5 Å². The molecule has 660 valence electrons. The molecule has 8 heterocycles. The van der Waals surface area contributed by atoms with Crippen molar-refractivity contribution in [2.75, 3.05) is 0 Å². The summed E-state index contributed by atoms with van der Waals surface area (Å²) in [6.07, 6.45) is 5.68. The van der Waals surface area contributed by atoms with Gasteiger partial charge in [0, 0.05) is 135 Å². The number of thiophene rings is 3. The quantitative estimate of drug-likeness (QED) is 0.0935. The summed E-state index contributed by atoms with van der Waals surface area (Å²) in [5, 5.41) is 15.5. The second kappa shape index (κ2) is 37.3. The summed E-state index contributed by atoms with van der Waals surface area (Å²) in [5.41, 5.74) is 28.2. The molecule has 0 saturated carbocycles. The predicted octanol–water partition coefficient (Wildman–Crippen LogP) is 35.8. The molecular formula is C130H82N8S3. The van der Waals surface area contributed by atoms with Crippen LogP contribution in [0.5, 0.6) is 0 Å². The van der Waals surface area contributed by atoms with Crippen molar-refractivity contribution in [3.63, 3.8) is 0 Å². The van der Waals surface area contributed by atoms with Crippen LogP contribution in [0.2, 0.25) is 0 Å². The van der Waals surface area contributed by atoms with Gasteiger partial charge in [-0.05, 0) is 191 Å². The highest BCUT2D eigenvalue weighted by Gasteiger charge is 2.21. The van der Waals surface area contributed by atoms with Crippen molar-refractivity contribution >= 4 is 127 Å². The second-order valence-electron chi connectivity index (χ2n) is 35.2. The van der Waals surface area contributed by atoms with Gasteiger partial charge in [-0.15, -0.1) is 34.0 Å². The number of fused-ring (bicyclic) bond motifs is 15. The Morgan fingerprint density at radius 2 is 0.376 bits per heavy atom. The van der Waals surface area contributed by atoms with E-state index < -0.39 is 0 Å². The molecule has 0 fully saturated rings. The highest BCUT2D eigenvalue weighted by molar-refractivity contribution is 7.26. The molecule has 0 aliphatic rings. The number of hydrogen-bond donors (Lipinski definition) is 0. The fourth-order valence-corrected chi connectivity index (χ4v) is 22.5. The third-order valence-electron chi connectivity index (χ3n) is 26.5. The van der Waals surface area contributed by atoms with Crippen LogP contribution in [0.15, 0.2) is 498 Å². The predicted molar refractivity (Wildman–Crippen MR) is 594 cm³/mol. The Labute approximate surface area is 826 Å². The fourth-order valence-electron chi connectivity index (χ4n) is 19.3. The Kier molecular flexibility index (Phi) is 22.5. The van der Waals surface area contributed by atoms with Crippen LogP contribution in [0.3, 0.4) is 0 Å². The third-order valence-corrected chi connectivity index (χ3v) is 29.9. The van der Waals surface area contributed by atoms with Crippen molar-refractivity contribution in [3.05, 3.63) is 498 Å². The number of rotatable bonds is 15. The zero-order valence-corrected chi connectivity index (χ0v) is 78.6. The van der Waals surface area contributed by atoms with Crippen molar-refractivity contribution in [2.24, 2.45) is 0 Å². The van der Waals surface area contributed by atoms with Gasteiger partial charge in [-0.25, -0.2) is 29.9 Å². The molecule has 0 spiro atoms. The fraction of sp³-hybridized carbons (Fsp3) is 0. The van der Waals surface area contributed by atoms with E-state index in [1.807, 2.05) is 131 Å². The SMILES string of the molecule is c1ccc(-c2cc(-c3ccc(-c4cncc(-c5ccc6sc7ccccc7c6c5)c4)cc3)nc(-c3ccccc3)n2)cc1.c1ccc(-c2cccc(-c3cc(-c4ccccn4)nc(-c4ccc(-c5ccc6sc7ccccc7c6c5)cc4)n3)c2)cc1.c1ccc(-c2nc(-c3ccc(-c4ccc5sc6ccccc6c5c4)cc3)cc(-c3ccc(-c4ccc5c6ccccc6c6ccccc6c5c4)cc3)n2)cc1. The Morgan fingerprint density at radius 1 is 0.128 bits per heavy atom. The zero-order valence-electron chi connectivity index (χ0n) is 76.1. The summed E-state index contributed by atoms with van der Waals surface area (Å²) in [6.45, 7) is 0. The number of pyridine rings is 2. The largest absolute Gasteiger partial charge is 0.263 e. The Hall–Kier alpha value is -17.8. The van der Waals surface area contributed by atoms with E-state index in [-0.39, 0.29) is 0 Å². The van der Waals surface area contributed by atoms with Crippen molar-refractivity contribution in [2.45, 2.75) is 0 Å². The van der Waals surface area contributed by atoms with Crippen molar-refractivity contribution in [1.29, 1.82) is 0 Å². The maximum absolute atomic E-state index is 5.11. The van der Waals surface area contributed by atoms with Gasteiger partial charge in [-0.1, -0.05) is 376 Å². The summed E-state index contributed by atoms with van der Waals surface area (Å²) in [7, 11) is 0. The maximum Gasteiger partial charge on any atom is 0.160 e. The molecule has 27 aromatic rings. The van der Waals surface area contributed by atoms with E-state index in [4.69, 9.17) is 29.9 Å². The molecule has 0 saturated heterocycles. The number of nitrogens with zero attached hydrogens (tertiary/aromatic N) is 8. The first kappa shape index (κ1) is 84.9. The van der Waals surface area contributed by atoms with Crippen LogP contribution in [0, 0.1) is 0 Å². The molecule has 0 N–H and O–H groups in total. The van der Waals surface area contributed by atoms with Gasteiger partial charge >= 0.3 is 0 Å². The molecule has 11 heteroatoms. The first-order valence-corrected chi connectivity index (χ1v) is 49.6.